The van der Waals surface area contributed by atoms with Gasteiger partial charge in [-0.15, -0.1) is 0 Å². The number of aliphatic hydroxyl groups is 1. The summed E-state index contributed by atoms with van der Waals surface area (Å²) in [4.78, 5) is 21.4. The summed E-state index contributed by atoms with van der Waals surface area (Å²) in [6.45, 7) is 5.75. The van der Waals surface area contributed by atoms with Crippen molar-refractivity contribution in [2.75, 3.05) is 5.32 Å². The molecule has 162 valence electrons. The smallest absolute Gasteiger partial charge is 0.328 e. The Kier molecular flexibility index (Phi) is 5.32. The van der Waals surface area contributed by atoms with Crippen molar-refractivity contribution in [2.24, 2.45) is 7.05 Å². The van der Waals surface area contributed by atoms with Crippen LogP contribution < -0.4 is 11.0 Å². The summed E-state index contributed by atoms with van der Waals surface area (Å²) in [5, 5.41) is 18.0. The Morgan fingerprint density at radius 3 is 2.68 bits per heavy atom. The number of halogens is 1. The van der Waals surface area contributed by atoms with Gasteiger partial charge in [0.1, 0.15) is 5.02 Å². The fourth-order valence-corrected chi connectivity index (χ4v) is 3.45. The largest absolute Gasteiger partial charge is 0.390 e. The van der Waals surface area contributed by atoms with E-state index in [1.807, 2.05) is 31.2 Å². The quantitative estimate of drug-likeness (QED) is 0.476. The number of hydrogen-bond donors (Lipinski definition) is 2. The van der Waals surface area contributed by atoms with Gasteiger partial charge >= 0.3 is 5.69 Å². The molecule has 0 aliphatic heterocycles. The third kappa shape index (κ3) is 4.33. The van der Waals surface area contributed by atoms with Gasteiger partial charge in [-0.25, -0.2) is 14.5 Å². The van der Waals surface area contributed by atoms with E-state index in [0.29, 0.717) is 29.8 Å². The molecule has 10 heteroatoms. The zero-order chi connectivity index (χ0) is 22.3. The van der Waals surface area contributed by atoms with Crippen molar-refractivity contribution in [2.45, 2.75) is 39.3 Å². The molecule has 2 N–H and O–H groups in total. The van der Waals surface area contributed by atoms with Crippen molar-refractivity contribution in [1.82, 2.24) is 28.9 Å². The second-order valence-corrected chi connectivity index (χ2v) is 8.56. The van der Waals surface area contributed by atoms with E-state index in [-0.39, 0.29) is 5.69 Å². The van der Waals surface area contributed by atoms with Crippen LogP contribution in [0.25, 0.3) is 17.0 Å². The molecule has 4 aromatic rings. The molecule has 0 fully saturated rings. The summed E-state index contributed by atoms with van der Waals surface area (Å²) < 4.78 is 4.84. The first-order valence-electron chi connectivity index (χ1n) is 9.86. The Morgan fingerprint density at radius 2 is 2.00 bits per heavy atom. The fraction of sp³-hybridized carbons (Fsp3) is 0.333. The molecule has 0 saturated heterocycles. The highest BCUT2D eigenvalue weighted by molar-refractivity contribution is 6.32. The van der Waals surface area contributed by atoms with Crippen molar-refractivity contribution in [3.05, 3.63) is 57.9 Å². The lowest BCUT2D eigenvalue weighted by molar-refractivity contribution is 0.0662. The van der Waals surface area contributed by atoms with E-state index in [1.54, 1.807) is 40.9 Å². The molecule has 4 rings (SSSR count). The van der Waals surface area contributed by atoms with Crippen LogP contribution in [0.2, 0.25) is 5.02 Å². The minimum atomic E-state index is -0.868. The standard InChI is InChI=1S/C21H24ClN7O2/c1-13-7-9-29(26-13)19-23-12-15(22)18(25-19)24-14-5-6-16-17(11-14)28(20(30)27(16)4)10-8-21(2,3)31/h5-7,9,11-12,31H,8,10H2,1-4H3,(H,23,24,25). The van der Waals surface area contributed by atoms with Gasteiger partial charge < -0.3 is 10.4 Å². The first-order chi connectivity index (χ1) is 14.6. The molecule has 0 amide bonds. The number of aromatic nitrogens is 6. The Bertz CT molecular complexity index is 1310. The third-order valence-corrected chi connectivity index (χ3v) is 5.29. The predicted octanol–water partition coefficient (Wildman–Crippen LogP) is 3.18. The molecule has 0 saturated carbocycles. The Balaban J connectivity index is 1.70. The number of nitrogens with one attached hydrogen (secondary N) is 1. The molecule has 0 spiro atoms. The highest BCUT2D eigenvalue weighted by Gasteiger charge is 2.17. The third-order valence-electron chi connectivity index (χ3n) is 5.01. The van der Waals surface area contributed by atoms with Crippen LogP contribution in [0.4, 0.5) is 11.5 Å². The number of anilines is 2. The molecule has 0 aliphatic rings. The maximum Gasteiger partial charge on any atom is 0.328 e. The van der Waals surface area contributed by atoms with Gasteiger partial charge in [-0.1, -0.05) is 11.6 Å². The molecule has 3 heterocycles. The van der Waals surface area contributed by atoms with Crippen LogP contribution in [0.3, 0.4) is 0 Å². The van der Waals surface area contributed by atoms with Crippen molar-refractivity contribution in [3.63, 3.8) is 0 Å². The van der Waals surface area contributed by atoms with Gasteiger partial charge in [-0.05, 0) is 51.5 Å². The van der Waals surface area contributed by atoms with E-state index >= 15 is 0 Å². The summed E-state index contributed by atoms with van der Waals surface area (Å²) in [6, 6.07) is 7.46. The average molecular weight is 442 g/mol. The van der Waals surface area contributed by atoms with E-state index in [9.17, 15) is 9.90 Å². The predicted molar refractivity (Wildman–Crippen MR) is 120 cm³/mol. The SMILES string of the molecule is Cc1ccn(-c2ncc(Cl)c(Nc3ccc4c(c3)n(CCC(C)(C)O)c(=O)n4C)n2)n1. The van der Waals surface area contributed by atoms with Gasteiger partial charge in [0.05, 0.1) is 28.5 Å². The lowest BCUT2D eigenvalue weighted by atomic mass is 10.1. The summed E-state index contributed by atoms with van der Waals surface area (Å²) in [6.07, 6.45) is 3.75. The van der Waals surface area contributed by atoms with Crippen LogP contribution in [-0.4, -0.2) is 39.6 Å². The zero-order valence-electron chi connectivity index (χ0n) is 17.8. The average Bonchev–Trinajstić information content (AvgIpc) is 3.23. The van der Waals surface area contributed by atoms with Crippen molar-refractivity contribution >= 4 is 34.1 Å². The molecule has 0 aliphatic carbocycles. The van der Waals surface area contributed by atoms with E-state index in [2.05, 4.69) is 20.4 Å². The second kappa shape index (κ2) is 7.82. The minimum absolute atomic E-state index is 0.132. The molecule has 9 nitrogen and oxygen atoms in total. The van der Waals surface area contributed by atoms with Crippen LogP contribution in [0.15, 0.2) is 41.5 Å². The van der Waals surface area contributed by atoms with Gasteiger partial charge in [0.25, 0.3) is 5.95 Å². The summed E-state index contributed by atoms with van der Waals surface area (Å²) in [7, 11) is 1.73. The molecular weight excluding hydrogens is 418 g/mol. The van der Waals surface area contributed by atoms with E-state index in [0.717, 1.165) is 22.4 Å². The molecule has 0 bridgehead atoms. The second-order valence-electron chi connectivity index (χ2n) is 8.15. The number of rotatable bonds is 6. The highest BCUT2D eigenvalue weighted by atomic mass is 35.5. The first-order valence-corrected chi connectivity index (χ1v) is 10.2. The van der Waals surface area contributed by atoms with E-state index < -0.39 is 5.60 Å². The van der Waals surface area contributed by atoms with E-state index in [1.165, 1.54) is 6.20 Å². The van der Waals surface area contributed by atoms with Gasteiger partial charge in [-0.3, -0.25) is 9.13 Å². The van der Waals surface area contributed by atoms with Gasteiger partial charge in [-0.2, -0.15) is 10.1 Å². The van der Waals surface area contributed by atoms with Crippen LogP contribution in [-0.2, 0) is 13.6 Å². The number of hydrogen-bond acceptors (Lipinski definition) is 6. The Hall–Kier alpha value is -3.17. The highest BCUT2D eigenvalue weighted by Crippen LogP contribution is 2.26. The summed E-state index contributed by atoms with van der Waals surface area (Å²) >= 11 is 6.31. The van der Waals surface area contributed by atoms with E-state index in [4.69, 9.17) is 11.6 Å². The lowest BCUT2D eigenvalue weighted by Gasteiger charge is -2.17. The molecule has 1 aromatic carbocycles. The van der Waals surface area contributed by atoms with Crippen LogP contribution in [0.1, 0.15) is 26.0 Å². The number of benzene rings is 1. The summed E-state index contributed by atoms with van der Waals surface area (Å²) in [5.41, 5.74) is 2.13. The Morgan fingerprint density at radius 1 is 1.23 bits per heavy atom. The maximum absolute atomic E-state index is 12.7. The van der Waals surface area contributed by atoms with Crippen LogP contribution >= 0.6 is 11.6 Å². The van der Waals surface area contributed by atoms with Gasteiger partial charge in [0.15, 0.2) is 5.82 Å². The number of imidazole rings is 1. The fourth-order valence-electron chi connectivity index (χ4n) is 3.31. The molecule has 0 radical (unpaired) electrons. The first kappa shape index (κ1) is 21.1. The molecule has 3 aromatic heterocycles. The lowest BCUT2D eigenvalue weighted by Crippen LogP contribution is -2.27. The molecule has 31 heavy (non-hydrogen) atoms. The van der Waals surface area contributed by atoms with Gasteiger partial charge in [0, 0.05) is 25.5 Å². The normalized spacial score (nSPS) is 11.9. The van der Waals surface area contributed by atoms with Crippen molar-refractivity contribution in [1.29, 1.82) is 0 Å². The number of nitrogens with zero attached hydrogens (tertiary/aromatic N) is 6. The Labute approximate surface area is 183 Å². The van der Waals surface area contributed by atoms with Crippen molar-refractivity contribution in [3.8, 4) is 5.95 Å². The number of fused-ring (bicyclic) bond motifs is 1. The minimum Gasteiger partial charge on any atom is -0.390 e. The molecular formula is C21H24ClN7O2. The van der Waals surface area contributed by atoms with Crippen molar-refractivity contribution < 1.29 is 5.11 Å². The summed E-state index contributed by atoms with van der Waals surface area (Å²) in [5.74, 6) is 0.823. The monoisotopic (exact) mass is 441 g/mol. The van der Waals surface area contributed by atoms with Gasteiger partial charge in [0.2, 0.25) is 0 Å². The number of aryl methyl sites for hydroxylation is 3. The van der Waals surface area contributed by atoms with Crippen LogP contribution in [0, 0.1) is 6.92 Å². The molecule has 0 unspecified atom stereocenters. The zero-order valence-corrected chi connectivity index (χ0v) is 18.6. The van der Waals surface area contributed by atoms with Crippen LogP contribution in [0.5, 0.6) is 0 Å². The maximum atomic E-state index is 12.7. The molecule has 0 atom stereocenters. The topological polar surface area (TPSA) is 103 Å².